The van der Waals surface area contributed by atoms with Crippen molar-refractivity contribution in [1.82, 2.24) is 15.6 Å². The van der Waals surface area contributed by atoms with Crippen LogP contribution < -0.4 is 10.6 Å². The van der Waals surface area contributed by atoms with Gasteiger partial charge in [-0.25, -0.2) is 9.78 Å². The highest BCUT2D eigenvalue weighted by Gasteiger charge is 2.17. The third-order valence-electron chi connectivity index (χ3n) is 2.43. The number of amides is 2. The van der Waals surface area contributed by atoms with Gasteiger partial charge >= 0.3 is 6.03 Å². The third-order valence-corrected chi connectivity index (χ3v) is 3.06. The Labute approximate surface area is 105 Å². The number of carbonyl (C=O) groups excluding carboxylic acids is 1. The van der Waals surface area contributed by atoms with Crippen LogP contribution in [0.15, 0.2) is 10.9 Å². The zero-order valence-corrected chi connectivity index (χ0v) is 11.0. The zero-order valence-electron chi connectivity index (χ0n) is 10.2. The first-order chi connectivity index (χ1) is 8.03. The predicted octanol–water partition coefficient (Wildman–Crippen LogP) is 1.35. The Morgan fingerprint density at radius 2 is 2.29 bits per heavy atom. The van der Waals surface area contributed by atoms with E-state index in [4.69, 9.17) is 5.11 Å². The number of carbonyl (C=O) groups is 1. The Bertz CT molecular complexity index is 338. The van der Waals surface area contributed by atoms with Crippen molar-refractivity contribution in [3.05, 3.63) is 16.6 Å². The van der Waals surface area contributed by atoms with E-state index in [-0.39, 0.29) is 18.1 Å². The van der Waals surface area contributed by atoms with E-state index >= 15 is 0 Å². The van der Waals surface area contributed by atoms with Crippen molar-refractivity contribution in [3.8, 4) is 0 Å². The van der Waals surface area contributed by atoms with Crippen molar-refractivity contribution in [2.24, 2.45) is 5.41 Å². The van der Waals surface area contributed by atoms with Crippen LogP contribution in [0.5, 0.6) is 0 Å². The second kappa shape index (κ2) is 6.56. The second-order valence-corrected chi connectivity index (χ2v) is 5.37. The van der Waals surface area contributed by atoms with Gasteiger partial charge < -0.3 is 15.7 Å². The maximum Gasteiger partial charge on any atom is 0.315 e. The van der Waals surface area contributed by atoms with Gasteiger partial charge in [0.25, 0.3) is 0 Å². The van der Waals surface area contributed by atoms with E-state index in [9.17, 15) is 4.79 Å². The van der Waals surface area contributed by atoms with Crippen LogP contribution in [0.2, 0.25) is 0 Å². The van der Waals surface area contributed by atoms with Gasteiger partial charge in [0.15, 0.2) is 0 Å². The fourth-order valence-electron chi connectivity index (χ4n) is 1.27. The maximum absolute atomic E-state index is 11.5. The molecule has 0 fully saturated rings. The first kappa shape index (κ1) is 13.9. The minimum absolute atomic E-state index is 0.0906. The number of aliphatic hydroxyl groups excluding tert-OH is 1. The smallest absolute Gasteiger partial charge is 0.315 e. The van der Waals surface area contributed by atoms with Gasteiger partial charge in [-0.3, -0.25) is 0 Å². The van der Waals surface area contributed by atoms with Crippen LogP contribution in [-0.4, -0.2) is 29.3 Å². The second-order valence-electron chi connectivity index (χ2n) is 4.65. The van der Waals surface area contributed by atoms with Crippen LogP contribution in [0.25, 0.3) is 0 Å². The number of thiazole rings is 1. The van der Waals surface area contributed by atoms with Crippen LogP contribution in [-0.2, 0) is 6.54 Å². The van der Waals surface area contributed by atoms with Crippen LogP contribution in [0.4, 0.5) is 4.79 Å². The molecule has 5 nitrogen and oxygen atoms in total. The van der Waals surface area contributed by atoms with Crippen molar-refractivity contribution in [3.63, 3.8) is 0 Å². The molecule has 2 amide bonds. The van der Waals surface area contributed by atoms with Gasteiger partial charge in [0.1, 0.15) is 0 Å². The van der Waals surface area contributed by atoms with Crippen LogP contribution in [0.3, 0.4) is 0 Å². The number of hydrogen-bond donors (Lipinski definition) is 3. The molecule has 0 spiro atoms. The normalized spacial score (nSPS) is 11.2. The summed E-state index contributed by atoms with van der Waals surface area (Å²) in [5, 5.41) is 16.3. The summed E-state index contributed by atoms with van der Waals surface area (Å²) in [6.07, 6.45) is 0.666. The van der Waals surface area contributed by atoms with E-state index < -0.39 is 0 Å². The van der Waals surface area contributed by atoms with Crippen molar-refractivity contribution in [2.75, 3.05) is 13.2 Å². The SMILES string of the molecule is CC(C)(CCO)CNC(=O)NCc1cscn1. The van der Waals surface area contributed by atoms with Gasteiger partial charge in [-0.2, -0.15) is 0 Å². The molecule has 3 N–H and O–H groups in total. The lowest BCUT2D eigenvalue weighted by Crippen LogP contribution is -2.40. The topological polar surface area (TPSA) is 74.2 Å². The summed E-state index contributed by atoms with van der Waals surface area (Å²) >= 11 is 1.50. The molecule has 0 unspecified atom stereocenters. The molecule has 1 heterocycles. The van der Waals surface area contributed by atoms with Gasteiger partial charge in [-0.1, -0.05) is 13.8 Å². The average molecular weight is 257 g/mol. The molecule has 1 aromatic heterocycles. The first-order valence-electron chi connectivity index (χ1n) is 5.53. The number of nitrogens with zero attached hydrogens (tertiary/aromatic N) is 1. The fraction of sp³-hybridized carbons (Fsp3) is 0.636. The minimum atomic E-state index is -0.205. The van der Waals surface area contributed by atoms with Gasteiger partial charge in [0.2, 0.25) is 0 Å². The minimum Gasteiger partial charge on any atom is -0.396 e. The van der Waals surface area contributed by atoms with Crippen LogP contribution in [0.1, 0.15) is 26.0 Å². The Kier molecular flexibility index (Phi) is 5.37. The van der Waals surface area contributed by atoms with Gasteiger partial charge in [0, 0.05) is 18.5 Å². The molecular weight excluding hydrogens is 238 g/mol. The standard InChI is InChI=1S/C11H19N3O2S/c1-11(2,3-4-15)7-13-10(16)12-5-9-6-17-8-14-9/h6,8,15H,3-5,7H2,1-2H3,(H2,12,13,16). The summed E-state index contributed by atoms with van der Waals surface area (Å²) in [5.41, 5.74) is 2.51. The summed E-state index contributed by atoms with van der Waals surface area (Å²) in [4.78, 5) is 15.5. The number of rotatable bonds is 6. The molecule has 0 radical (unpaired) electrons. The summed E-state index contributed by atoms with van der Waals surface area (Å²) < 4.78 is 0. The monoisotopic (exact) mass is 257 g/mol. The van der Waals surface area contributed by atoms with E-state index in [1.807, 2.05) is 19.2 Å². The molecule has 6 heteroatoms. The molecule has 0 bridgehead atoms. The first-order valence-corrected chi connectivity index (χ1v) is 6.47. The van der Waals surface area contributed by atoms with E-state index in [1.54, 1.807) is 5.51 Å². The Morgan fingerprint density at radius 1 is 1.53 bits per heavy atom. The van der Waals surface area contributed by atoms with E-state index in [1.165, 1.54) is 11.3 Å². The van der Waals surface area contributed by atoms with Crippen molar-refractivity contribution in [2.45, 2.75) is 26.8 Å². The largest absolute Gasteiger partial charge is 0.396 e. The zero-order chi connectivity index (χ0) is 12.7. The van der Waals surface area contributed by atoms with E-state index in [0.717, 1.165) is 5.69 Å². The van der Waals surface area contributed by atoms with Gasteiger partial charge in [-0.05, 0) is 11.8 Å². The van der Waals surface area contributed by atoms with Crippen LogP contribution >= 0.6 is 11.3 Å². The molecule has 0 aromatic carbocycles. The van der Waals surface area contributed by atoms with Crippen molar-refractivity contribution in [1.29, 1.82) is 0 Å². The molecule has 0 aliphatic heterocycles. The molecule has 0 aliphatic rings. The summed E-state index contributed by atoms with van der Waals surface area (Å²) in [7, 11) is 0. The molecular formula is C11H19N3O2S. The highest BCUT2D eigenvalue weighted by molar-refractivity contribution is 7.07. The fourth-order valence-corrected chi connectivity index (χ4v) is 1.83. The molecule has 96 valence electrons. The third kappa shape index (κ3) is 5.65. The van der Waals surface area contributed by atoms with Gasteiger partial charge in [0.05, 0.1) is 17.7 Å². The Morgan fingerprint density at radius 3 is 2.88 bits per heavy atom. The predicted molar refractivity (Wildman–Crippen MR) is 67.8 cm³/mol. The number of urea groups is 1. The molecule has 0 aliphatic carbocycles. The number of hydrogen-bond acceptors (Lipinski definition) is 4. The summed E-state index contributed by atoms with van der Waals surface area (Å²) in [6, 6.07) is -0.205. The summed E-state index contributed by atoms with van der Waals surface area (Å²) in [5.74, 6) is 0. The lowest BCUT2D eigenvalue weighted by Gasteiger charge is -2.23. The quantitative estimate of drug-likeness (QED) is 0.720. The van der Waals surface area contributed by atoms with Crippen molar-refractivity contribution >= 4 is 17.4 Å². The lowest BCUT2D eigenvalue weighted by molar-refractivity contribution is 0.201. The number of aromatic nitrogens is 1. The van der Waals surface area contributed by atoms with Gasteiger partial charge in [-0.15, -0.1) is 11.3 Å². The summed E-state index contributed by atoms with van der Waals surface area (Å²) in [6.45, 7) is 5.12. The van der Waals surface area contributed by atoms with Crippen LogP contribution in [0, 0.1) is 5.41 Å². The molecule has 0 atom stereocenters. The number of aliphatic hydroxyl groups is 1. The molecule has 0 saturated heterocycles. The lowest BCUT2D eigenvalue weighted by atomic mass is 9.90. The molecule has 1 aromatic rings. The van der Waals surface area contributed by atoms with E-state index in [2.05, 4.69) is 15.6 Å². The Balaban J connectivity index is 2.21. The van der Waals surface area contributed by atoms with E-state index in [0.29, 0.717) is 19.5 Å². The number of nitrogens with one attached hydrogen (secondary N) is 2. The highest BCUT2D eigenvalue weighted by atomic mass is 32.1. The molecule has 17 heavy (non-hydrogen) atoms. The molecule has 0 saturated carbocycles. The highest BCUT2D eigenvalue weighted by Crippen LogP contribution is 2.17. The molecule has 1 rings (SSSR count). The Hall–Kier alpha value is -1.14. The maximum atomic E-state index is 11.5. The van der Waals surface area contributed by atoms with Crippen molar-refractivity contribution < 1.29 is 9.90 Å². The average Bonchev–Trinajstić information content (AvgIpc) is 2.76.